The highest BCUT2D eigenvalue weighted by atomic mass is 19.4. The predicted octanol–water partition coefficient (Wildman–Crippen LogP) is 7.49. The first-order chi connectivity index (χ1) is 27.1. The van der Waals surface area contributed by atoms with Gasteiger partial charge < -0.3 is 35.1 Å². The zero-order valence-electron chi connectivity index (χ0n) is 31.8. The van der Waals surface area contributed by atoms with E-state index in [0.29, 0.717) is 29.5 Å². The summed E-state index contributed by atoms with van der Waals surface area (Å²) in [7, 11) is 4.32. The summed E-state index contributed by atoms with van der Waals surface area (Å²) in [6.07, 6.45) is -4.07. The molecule has 1 fully saturated rings. The number of quaternary nitrogens is 1. The molecule has 6 rings (SSSR count). The molecule has 5 aromatic rings. The van der Waals surface area contributed by atoms with Crippen molar-refractivity contribution >= 4 is 34.3 Å². The van der Waals surface area contributed by atoms with Crippen molar-refractivity contribution in [1.29, 1.82) is 0 Å². The standard InChI is InChI=1S/C43H46F3N5O6/c1-51(2)21-19-31(20-22-51)57-42(56)49-36-23-27(11-14-32(36)28-8-4-3-5-9-28)7-6-10-39(54)48-30-13-12-29(35(24-30)43(44,45)46)25-47-26-38(53)33-15-17-37(52)41-34(33)16-18-40(55)50-41/h3-5,8-9,11-18,23-24,31,38,47,53H,6-7,10,19-22,25-26H2,1-2H3,(H3-,48,49,50,52,54,55,56)/p+1/t38-/m1/s1. The third-order valence-electron chi connectivity index (χ3n) is 10.3. The maximum absolute atomic E-state index is 14.2. The van der Waals surface area contributed by atoms with Gasteiger partial charge in [0.05, 0.1) is 50.1 Å². The van der Waals surface area contributed by atoms with Crippen LogP contribution in [-0.4, -0.2) is 71.5 Å². The molecule has 1 atom stereocenters. The number of pyridine rings is 1. The lowest BCUT2D eigenvalue weighted by Crippen LogP contribution is -2.48. The van der Waals surface area contributed by atoms with Crippen LogP contribution in [0, 0.1) is 0 Å². The maximum atomic E-state index is 14.2. The molecule has 0 bridgehead atoms. The third kappa shape index (κ3) is 10.8. The number of phenolic OH excluding ortho intramolecular Hbond substituents is 1. The van der Waals surface area contributed by atoms with E-state index in [4.69, 9.17) is 4.74 Å². The SMILES string of the molecule is C[N+]1(C)CCC(OC(=O)Nc2cc(CCCC(=O)Nc3ccc(CNC[C@@H](O)c4ccc(O)c5[nH]c(=O)ccc45)c(C(F)(F)F)c3)ccc2-c2ccccc2)CC1. The molecule has 0 saturated carbocycles. The Morgan fingerprint density at radius 1 is 0.947 bits per heavy atom. The number of rotatable bonds is 13. The second-order valence-electron chi connectivity index (χ2n) is 15.1. The Bertz CT molecular complexity index is 2270. The van der Waals surface area contributed by atoms with Gasteiger partial charge in [0, 0.05) is 55.1 Å². The number of aryl methyl sites for hydroxylation is 1. The Labute approximate surface area is 328 Å². The molecule has 2 amide bonds. The van der Waals surface area contributed by atoms with Crippen LogP contribution in [0.2, 0.25) is 0 Å². The third-order valence-corrected chi connectivity index (χ3v) is 10.3. The van der Waals surface area contributed by atoms with Crippen LogP contribution in [0.1, 0.15) is 54.0 Å². The summed E-state index contributed by atoms with van der Waals surface area (Å²) < 4.78 is 49.2. The van der Waals surface area contributed by atoms with Gasteiger partial charge in [-0.2, -0.15) is 13.2 Å². The van der Waals surface area contributed by atoms with Crippen molar-refractivity contribution in [3.05, 3.63) is 124 Å². The molecule has 0 radical (unpaired) electrons. The second-order valence-corrected chi connectivity index (χ2v) is 15.1. The first-order valence-corrected chi connectivity index (χ1v) is 18.9. The number of aromatic hydroxyl groups is 1. The van der Waals surface area contributed by atoms with Crippen molar-refractivity contribution in [2.24, 2.45) is 0 Å². The number of carbonyl (C=O) groups is 2. The number of nitrogens with one attached hydrogen (secondary N) is 4. The number of alkyl halides is 3. The first-order valence-electron chi connectivity index (χ1n) is 18.9. The van der Waals surface area contributed by atoms with Gasteiger partial charge >= 0.3 is 12.3 Å². The number of hydrogen-bond acceptors (Lipinski definition) is 7. The second kappa shape index (κ2) is 17.6. The van der Waals surface area contributed by atoms with Gasteiger partial charge in [-0.05, 0) is 65.4 Å². The normalized spacial score (nSPS) is 14.9. The molecular weight excluding hydrogens is 739 g/mol. The Morgan fingerprint density at radius 2 is 1.70 bits per heavy atom. The number of amides is 2. The van der Waals surface area contributed by atoms with Crippen LogP contribution in [0.5, 0.6) is 5.75 Å². The van der Waals surface area contributed by atoms with Gasteiger partial charge in [-0.15, -0.1) is 0 Å². The summed E-state index contributed by atoms with van der Waals surface area (Å²) >= 11 is 0. The minimum absolute atomic E-state index is 0.00153. The van der Waals surface area contributed by atoms with E-state index in [1.54, 1.807) is 0 Å². The highest BCUT2D eigenvalue weighted by Crippen LogP contribution is 2.35. The Kier molecular flexibility index (Phi) is 12.7. The number of hydrogen-bond donors (Lipinski definition) is 6. The Hall–Kier alpha value is -5.70. The summed E-state index contributed by atoms with van der Waals surface area (Å²) in [4.78, 5) is 40.1. The number of aromatic nitrogens is 1. The van der Waals surface area contributed by atoms with Crippen molar-refractivity contribution in [2.75, 3.05) is 44.4 Å². The molecule has 0 spiro atoms. The number of ether oxygens (including phenoxy) is 1. The molecule has 1 aliphatic rings. The van der Waals surface area contributed by atoms with Crippen molar-refractivity contribution < 1.29 is 42.2 Å². The van der Waals surface area contributed by atoms with E-state index in [2.05, 4.69) is 35.0 Å². The van der Waals surface area contributed by atoms with Crippen molar-refractivity contribution in [1.82, 2.24) is 10.3 Å². The molecule has 0 aliphatic carbocycles. The number of halogens is 3. The number of benzene rings is 4. The van der Waals surface area contributed by atoms with Crippen LogP contribution < -0.4 is 21.5 Å². The van der Waals surface area contributed by atoms with Gasteiger partial charge in [0.15, 0.2) is 0 Å². The molecule has 0 unspecified atom stereocenters. The number of likely N-dealkylation sites (tertiary alicyclic amines) is 1. The molecule has 4 aromatic carbocycles. The molecule has 6 N–H and O–H groups in total. The zero-order valence-corrected chi connectivity index (χ0v) is 31.8. The van der Waals surface area contributed by atoms with Crippen molar-refractivity contribution in [3.63, 3.8) is 0 Å². The van der Waals surface area contributed by atoms with Crippen molar-refractivity contribution in [3.8, 4) is 16.9 Å². The molecule has 1 aliphatic heterocycles. The predicted molar refractivity (Wildman–Crippen MR) is 213 cm³/mol. The fourth-order valence-corrected chi connectivity index (χ4v) is 7.12. The summed E-state index contributed by atoms with van der Waals surface area (Å²) in [5.74, 6) is -0.626. The summed E-state index contributed by atoms with van der Waals surface area (Å²) in [5, 5.41) is 29.7. The van der Waals surface area contributed by atoms with Crippen molar-refractivity contribution in [2.45, 2.75) is 57.0 Å². The van der Waals surface area contributed by atoms with Gasteiger partial charge in [-0.25, -0.2) is 4.79 Å². The van der Waals surface area contributed by atoms with E-state index in [-0.39, 0.29) is 48.1 Å². The Balaban J connectivity index is 1.05. The fourth-order valence-electron chi connectivity index (χ4n) is 7.12. The molecule has 300 valence electrons. The average molecular weight is 787 g/mol. The van der Waals surface area contributed by atoms with Gasteiger partial charge in [-0.1, -0.05) is 54.6 Å². The number of H-pyrrole nitrogens is 1. The van der Waals surface area contributed by atoms with Crippen LogP contribution in [-0.2, 0) is 28.7 Å². The minimum atomic E-state index is -4.72. The van der Waals surface area contributed by atoms with Gasteiger partial charge in [0.1, 0.15) is 11.9 Å². The zero-order chi connectivity index (χ0) is 40.7. The van der Waals surface area contributed by atoms with E-state index < -0.39 is 35.4 Å². The van der Waals surface area contributed by atoms with E-state index in [0.717, 1.165) is 53.2 Å². The number of piperidine rings is 1. The average Bonchev–Trinajstić information content (AvgIpc) is 3.16. The molecule has 57 heavy (non-hydrogen) atoms. The summed E-state index contributed by atoms with van der Waals surface area (Å²) in [5.41, 5.74) is 2.24. The smallest absolute Gasteiger partial charge is 0.416 e. The number of fused-ring (bicyclic) bond motifs is 1. The first kappa shape index (κ1) is 40.9. The number of aliphatic hydroxyl groups is 1. The quantitative estimate of drug-likeness (QED) is 0.0677. The maximum Gasteiger partial charge on any atom is 0.416 e. The molecule has 1 saturated heterocycles. The molecule has 11 nitrogen and oxygen atoms in total. The van der Waals surface area contributed by atoms with E-state index in [9.17, 15) is 37.8 Å². The number of aliphatic hydroxyl groups excluding tert-OH is 1. The lowest BCUT2D eigenvalue weighted by molar-refractivity contribution is -0.896. The highest BCUT2D eigenvalue weighted by molar-refractivity contribution is 5.92. The van der Waals surface area contributed by atoms with Gasteiger partial charge in [-0.3, -0.25) is 14.9 Å². The summed E-state index contributed by atoms with van der Waals surface area (Å²) in [6.45, 7) is 1.48. The summed E-state index contributed by atoms with van der Waals surface area (Å²) in [6, 6.07) is 24.4. The van der Waals surface area contributed by atoms with Gasteiger partial charge in [0.2, 0.25) is 11.5 Å². The highest BCUT2D eigenvalue weighted by Gasteiger charge is 2.34. The minimum Gasteiger partial charge on any atom is -0.506 e. The van der Waals surface area contributed by atoms with Crippen LogP contribution in [0.3, 0.4) is 0 Å². The fraction of sp³-hybridized carbons (Fsp3) is 0.326. The molecule has 1 aromatic heterocycles. The topological polar surface area (TPSA) is 153 Å². The largest absolute Gasteiger partial charge is 0.506 e. The lowest BCUT2D eigenvalue weighted by atomic mass is 9.99. The van der Waals surface area contributed by atoms with E-state index in [1.165, 1.54) is 36.4 Å². The number of nitrogens with zero attached hydrogens (tertiary/aromatic N) is 1. The van der Waals surface area contributed by atoms with E-state index >= 15 is 0 Å². The molecular formula is C43H47F3N5O6+. The van der Waals surface area contributed by atoms with Crippen LogP contribution >= 0.6 is 0 Å². The number of carbonyl (C=O) groups excluding carboxylic acids is 2. The number of aromatic amines is 1. The molecule has 14 heteroatoms. The lowest BCUT2D eigenvalue weighted by Gasteiger charge is -2.36. The number of anilines is 2. The number of phenols is 1. The monoisotopic (exact) mass is 786 g/mol. The molecule has 2 heterocycles. The van der Waals surface area contributed by atoms with Crippen LogP contribution in [0.4, 0.5) is 29.3 Å². The van der Waals surface area contributed by atoms with Crippen LogP contribution in [0.15, 0.2) is 95.8 Å². The van der Waals surface area contributed by atoms with Crippen LogP contribution in [0.25, 0.3) is 22.0 Å². The van der Waals surface area contributed by atoms with E-state index in [1.807, 2.05) is 48.5 Å². The Morgan fingerprint density at radius 3 is 2.44 bits per heavy atom. The van der Waals surface area contributed by atoms with Gasteiger partial charge in [0.25, 0.3) is 0 Å².